The first-order chi connectivity index (χ1) is 5.99. The van der Waals surface area contributed by atoms with Gasteiger partial charge in [0.15, 0.2) is 0 Å². The summed E-state index contributed by atoms with van der Waals surface area (Å²) < 4.78 is 0. The van der Waals surface area contributed by atoms with E-state index in [4.69, 9.17) is 0 Å². The maximum atomic E-state index is 12.0. The van der Waals surface area contributed by atoms with Crippen LogP contribution < -0.4 is 0 Å². The van der Waals surface area contributed by atoms with Crippen LogP contribution in [-0.2, 0) is 4.79 Å². The normalized spacial score (nSPS) is 28.8. The van der Waals surface area contributed by atoms with Crippen LogP contribution >= 0.6 is 0 Å². The van der Waals surface area contributed by atoms with Crippen LogP contribution in [0.2, 0.25) is 0 Å². The fourth-order valence-corrected chi connectivity index (χ4v) is 2.40. The molecule has 0 aromatic rings. The van der Waals surface area contributed by atoms with E-state index >= 15 is 0 Å². The molecule has 0 N–H and O–H groups in total. The van der Waals surface area contributed by atoms with Crippen LogP contribution in [0.15, 0.2) is 0 Å². The second-order valence-electron chi connectivity index (χ2n) is 5.15. The number of Topliss-reactive ketones (excluding diaryl/α,β-unsaturated/α-hetero) is 1. The average molecular weight is 182 g/mol. The molecular weight excluding hydrogens is 160 g/mol. The Morgan fingerprint density at radius 2 is 2.15 bits per heavy atom. The first kappa shape index (κ1) is 10.7. The number of carbonyl (C=O) groups excluding carboxylic acids is 1. The molecule has 0 heterocycles. The maximum absolute atomic E-state index is 12.0. The molecule has 76 valence electrons. The van der Waals surface area contributed by atoms with Crippen molar-refractivity contribution in [3.8, 4) is 0 Å². The molecule has 1 aliphatic rings. The Morgan fingerprint density at radius 3 is 2.54 bits per heavy atom. The minimum Gasteiger partial charge on any atom is -0.299 e. The van der Waals surface area contributed by atoms with Crippen LogP contribution in [-0.4, -0.2) is 5.78 Å². The monoisotopic (exact) mass is 182 g/mol. The van der Waals surface area contributed by atoms with Gasteiger partial charge in [-0.15, -0.1) is 0 Å². The van der Waals surface area contributed by atoms with Crippen LogP contribution in [0.5, 0.6) is 0 Å². The van der Waals surface area contributed by atoms with Gasteiger partial charge in [-0.05, 0) is 24.7 Å². The van der Waals surface area contributed by atoms with Gasteiger partial charge in [0.25, 0.3) is 0 Å². The third kappa shape index (κ3) is 2.12. The maximum Gasteiger partial charge on any atom is 0.139 e. The van der Waals surface area contributed by atoms with E-state index in [-0.39, 0.29) is 11.3 Å². The van der Waals surface area contributed by atoms with E-state index in [1.54, 1.807) is 0 Å². The van der Waals surface area contributed by atoms with Gasteiger partial charge in [-0.3, -0.25) is 4.79 Å². The summed E-state index contributed by atoms with van der Waals surface area (Å²) in [5.74, 6) is 1.11. The average Bonchev–Trinajstić information content (AvgIpc) is 2.42. The highest BCUT2D eigenvalue weighted by Gasteiger charge is 2.39. The Balaban J connectivity index is 2.66. The predicted octanol–water partition coefficient (Wildman–Crippen LogP) is 3.43. The van der Waals surface area contributed by atoms with E-state index in [9.17, 15) is 4.79 Å². The van der Waals surface area contributed by atoms with Crippen molar-refractivity contribution in [1.29, 1.82) is 0 Å². The molecule has 1 rings (SSSR count). The van der Waals surface area contributed by atoms with Crippen molar-refractivity contribution in [2.45, 2.75) is 53.4 Å². The Hall–Kier alpha value is -0.330. The summed E-state index contributed by atoms with van der Waals surface area (Å²) in [6.45, 7) is 8.65. The fourth-order valence-electron chi connectivity index (χ4n) is 2.40. The summed E-state index contributed by atoms with van der Waals surface area (Å²) in [4.78, 5) is 12.0. The first-order valence-corrected chi connectivity index (χ1v) is 5.52. The number of carbonyl (C=O) groups is 1. The molecule has 0 aromatic carbocycles. The van der Waals surface area contributed by atoms with Gasteiger partial charge in [0.1, 0.15) is 5.78 Å². The van der Waals surface area contributed by atoms with Gasteiger partial charge < -0.3 is 0 Å². The number of hydrogen-bond acceptors (Lipinski definition) is 1. The van der Waals surface area contributed by atoms with Crippen molar-refractivity contribution in [2.24, 2.45) is 17.3 Å². The van der Waals surface area contributed by atoms with Crippen molar-refractivity contribution in [3.05, 3.63) is 0 Å². The molecule has 0 amide bonds. The lowest BCUT2D eigenvalue weighted by atomic mass is 9.76. The first-order valence-electron chi connectivity index (χ1n) is 5.52. The molecule has 2 unspecified atom stereocenters. The summed E-state index contributed by atoms with van der Waals surface area (Å²) in [6.07, 6.45) is 4.57. The molecule has 0 saturated heterocycles. The molecule has 2 atom stereocenters. The topological polar surface area (TPSA) is 17.1 Å². The Kier molecular flexibility index (Phi) is 3.15. The molecule has 1 fully saturated rings. The molecule has 1 saturated carbocycles. The van der Waals surface area contributed by atoms with Crippen molar-refractivity contribution in [2.75, 3.05) is 0 Å². The highest BCUT2D eigenvalue weighted by molar-refractivity contribution is 5.84. The van der Waals surface area contributed by atoms with E-state index in [1.807, 2.05) is 0 Å². The van der Waals surface area contributed by atoms with E-state index in [1.165, 1.54) is 12.8 Å². The Bertz CT molecular complexity index is 193. The number of hydrogen-bond donors (Lipinski definition) is 0. The van der Waals surface area contributed by atoms with Gasteiger partial charge in [0, 0.05) is 11.8 Å². The standard InChI is InChI=1S/C12H22O/c1-5-9(2)11(13)10-7-6-8-12(10,3)4/h9-10H,5-8H2,1-4H3. The van der Waals surface area contributed by atoms with E-state index < -0.39 is 0 Å². The number of rotatable bonds is 3. The second kappa shape index (κ2) is 3.81. The van der Waals surface area contributed by atoms with Gasteiger partial charge in [-0.25, -0.2) is 0 Å². The predicted molar refractivity (Wildman–Crippen MR) is 55.6 cm³/mol. The Labute approximate surface area is 81.9 Å². The van der Waals surface area contributed by atoms with E-state index in [0.717, 1.165) is 12.8 Å². The lowest BCUT2D eigenvalue weighted by molar-refractivity contribution is -0.129. The molecule has 1 aliphatic carbocycles. The number of ketones is 1. The zero-order chi connectivity index (χ0) is 10.1. The summed E-state index contributed by atoms with van der Waals surface area (Å²) in [5, 5.41) is 0. The molecule has 0 aliphatic heterocycles. The SMILES string of the molecule is CCC(C)C(=O)C1CCCC1(C)C. The van der Waals surface area contributed by atoms with E-state index in [2.05, 4.69) is 27.7 Å². The van der Waals surface area contributed by atoms with Gasteiger partial charge in [-0.1, -0.05) is 34.1 Å². The molecule has 0 radical (unpaired) electrons. The highest BCUT2D eigenvalue weighted by Crippen LogP contribution is 2.44. The Morgan fingerprint density at radius 1 is 1.54 bits per heavy atom. The van der Waals surface area contributed by atoms with Crippen LogP contribution in [0, 0.1) is 17.3 Å². The van der Waals surface area contributed by atoms with Crippen molar-refractivity contribution >= 4 is 5.78 Å². The summed E-state index contributed by atoms with van der Waals surface area (Å²) >= 11 is 0. The van der Waals surface area contributed by atoms with Crippen LogP contribution in [0.4, 0.5) is 0 Å². The van der Waals surface area contributed by atoms with Gasteiger partial charge >= 0.3 is 0 Å². The lowest BCUT2D eigenvalue weighted by Gasteiger charge is -2.27. The minimum absolute atomic E-state index is 0.264. The largest absolute Gasteiger partial charge is 0.299 e. The highest BCUT2D eigenvalue weighted by atomic mass is 16.1. The summed E-state index contributed by atoms with van der Waals surface area (Å²) in [5.41, 5.74) is 0.264. The van der Waals surface area contributed by atoms with Crippen molar-refractivity contribution in [1.82, 2.24) is 0 Å². The third-order valence-electron chi connectivity index (χ3n) is 3.70. The fraction of sp³-hybridized carbons (Fsp3) is 0.917. The second-order valence-corrected chi connectivity index (χ2v) is 5.15. The lowest BCUT2D eigenvalue weighted by Crippen LogP contribution is -2.29. The summed E-state index contributed by atoms with van der Waals surface area (Å²) in [7, 11) is 0. The molecule has 0 spiro atoms. The third-order valence-corrected chi connectivity index (χ3v) is 3.70. The van der Waals surface area contributed by atoms with Gasteiger partial charge in [-0.2, -0.15) is 0 Å². The van der Waals surface area contributed by atoms with Gasteiger partial charge in [0.05, 0.1) is 0 Å². The zero-order valence-electron chi connectivity index (χ0n) is 9.39. The van der Waals surface area contributed by atoms with Crippen LogP contribution in [0.1, 0.15) is 53.4 Å². The molecular formula is C12H22O. The van der Waals surface area contributed by atoms with Gasteiger partial charge in [0.2, 0.25) is 0 Å². The molecule has 1 nitrogen and oxygen atoms in total. The smallest absolute Gasteiger partial charge is 0.139 e. The van der Waals surface area contributed by atoms with Crippen molar-refractivity contribution in [3.63, 3.8) is 0 Å². The zero-order valence-corrected chi connectivity index (χ0v) is 9.39. The van der Waals surface area contributed by atoms with Crippen LogP contribution in [0.3, 0.4) is 0 Å². The molecule has 1 heteroatoms. The van der Waals surface area contributed by atoms with E-state index in [0.29, 0.717) is 11.7 Å². The minimum atomic E-state index is 0.264. The van der Waals surface area contributed by atoms with Crippen LogP contribution in [0.25, 0.3) is 0 Å². The van der Waals surface area contributed by atoms with Crippen molar-refractivity contribution < 1.29 is 4.79 Å². The molecule has 13 heavy (non-hydrogen) atoms. The summed E-state index contributed by atoms with van der Waals surface area (Å²) in [6, 6.07) is 0. The molecule has 0 aromatic heterocycles. The molecule has 0 bridgehead atoms. The quantitative estimate of drug-likeness (QED) is 0.653.